The lowest BCUT2D eigenvalue weighted by Gasteiger charge is -2.23. The van der Waals surface area contributed by atoms with Gasteiger partial charge >= 0.3 is 0 Å². The summed E-state index contributed by atoms with van der Waals surface area (Å²) in [6.45, 7) is 1.60. The molecule has 88 valence electrons. The molecule has 0 aromatic rings. The van der Waals surface area contributed by atoms with E-state index in [1.165, 1.54) is 8.61 Å². The summed E-state index contributed by atoms with van der Waals surface area (Å²) < 4.78 is 26.6. The van der Waals surface area contributed by atoms with Crippen LogP contribution < -0.4 is 5.73 Å². The van der Waals surface area contributed by atoms with Crippen molar-refractivity contribution in [2.45, 2.75) is 19.3 Å². The molecule has 1 fully saturated rings. The molecule has 1 aliphatic rings. The van der Waals surface area contributed by atoms with E-state index in [0.29, 0.717) is 31.0 Å². The zero-order chi connectivity index (χ0) is 11.5. The largest absolute Gasteiger partial charge is 0.393 e. The first-order chi connectivity index (χ1) is 6.94. The summed E-state index contributed by atoms with van der Waals surface area (Å²) in [5.74, 6) is 0. The van der Waals surface area contributed by atoms with Gasteiger partial charge in [0.1, 0.15) is 0 Å². The maximum atomic E-state index is 11.9. The molecule has 15 heavy (non-hydrogen) atoms. The summed E-state index contributed by atoms with van der Waals surface area (Å²) in [5, 5.41) is 0. The van der Waals surface area contributed by atoms with E-state index in [1.807, 2.05) is 0 Å². The number of hydrogen-bond acceptors (Lipinski definition) is 3. The first kappa shape index (κ1) is 12.8. The second-order valence-corrected chi connectivity index (χ2v) is 6.21. The number of hydrogen-bond donors (Lipinski definition) is 1. The third-order valence-corrected chi connectivity index (χ3v) is 4.65. The topological polar surface area (TPSA) is 66.6 Å². The minimum absolute atomic E-state index is 0.346. The summed E-state index contributed by atoms with van der Waals surface area (Å²) in [6.07, 6.45) is 2.32. The van der Waals surface area contributed by atoms with Gasteiger partial charge in [0.2, 0.25) is 0 Å². The van der Waals surface area contributed by atoms with Crippen molar-refractivity contribution >= 4 is 27.4 Å². The highest BCUT2D eigenvalue weighted by Gasteiger charge is 2.28. The van der Waals surface area contributed by atoms with E-state index in [0.717, 1.165) is 12.8 Å². The highest BCUT2D eigenvalue weighted by molar-refractivity contribution is 7.86. The fraction of sp³-hybridized carbons (Fsp3) is 0.875. The SMILES string of the molecule is CN(CCC(N)=S)S(=O)(=O)N1CCCC1. The van der Waals surface area contributed by atoms with Crippen LogP contribution in [0.4, 0.5) is 0 Å². The second kappa shape index (κ2) is 5.20. The van der Waals surface area contributed by atoms with Gasteiger partial charge in [-0.3, -0.25) is 0 Å². The molecule has 0 aliphatic carbocycles. The maximum Gasteiger partial charge on any atom is 0.281 e. The predicted molar refractivity (Wildman–Crippen MR) is 63.8 cm³/mol. The smallest absolute Gasteiger partial charge is 0.281 e. The van der Waals surface area contributed by atoms with Crippen LogP contribution in [-0.2, 0) is 10.2 Å². The predicted octanol–water partition coefficient (Wildman–Crippen LogP) is -0.0650. The third kappa shape index (κ3) is 3.37. The Kier molecular flexibility index (Phi) is 4.45. The van der Waals surface area contributed by atoms with E-state index in [9.17, 15) is 8.42 Å². The van der Waals surface area contributed by atoms with Crippen LogP contribution in [0, 0.1) is 0 Å². The third-order valence-electron chi connectivity index (χ3n) is 2.46. The zero-order valence-corrected chi connectivity index (χ0v) is 10.5. The summed E-state index contributed by atoms with van der Waals surface area (Å²) in [4.78, 5) is 0.346. The summed E-state index contributed by atoms with van der Waals surface area (Å²) in [7, 11) is -1.72. The molecule has 5 nitrogen and oxygen atoms in total. The van der Waals surface area contributed by atoms with Crippen molar-refractivity contribution in [1.29, 1.82) is 0 Å². The molecule has 0 unspecified atom stereocenters. The number of nitrogens with two attached hydrogens (primary N) is 1. The Hall–Kier alpha value is -0.240. The van der Waals surface area contributed by atoms with Crippen molar-refractivity contribution in [3.05, 3.63) is 0 Å². The van der Waals surface area contributed by atoms with Gasteiger partial charge in [0.25, 0.3) is 10.2 Å². The molecule has 1 saturated heterocycles. The van der Waals surface area contributed by atoms with Gasteiger partial charge in [-0.15, -0.1) is 0 Å². The molecule has 0 bridgehead atoms. The van der Waals surface area contributed by atoms with Crippen molar-refractivity contribution in [3.63, 3.8) is 0 Å². The minimum atomic E-state index is -3.28. The van der Waals surface area contributed by atoms with E-state index in [1.54, 1.807) is 7.05 Å². The minimum Gasteiger partial charge on any atom is -0.393 e. The molecule has 0 aromatic carbocycles. The Balaban J connectivity index is 2.56. The normalized spacial score (nSPS) is 18.5. The Labute approximate surface area is 96.4 Å². The van der Waals surface area contributed by atoms with Gasteiger partial charge in [-0.05, 0) is 12.8 Å². The Morgan fingerprint density at radius 2 is 2.00 bits per heavy atom. The maximum absolute atomic E-state index is 11.9. The van der Waals surface area contributed by atoms with Crippen LogP contribution in [0.5, 0.6) is 0 Å². The van der Waals surface area contributed by atoms with E-state index in [4.69, 9.17) is 18.0 Å². The molecule has 1 heterocycles. The lowest BCUT2D eigenvalue weighted by molar-refractivity contribution is 0.399. The fourth-order valence-corrected chi connectivity index (χ4v) is 3.03. The van der Waals surface area contributed by atoms with E-state index in [2.05, 4.69) is 0 Å². The lowest BCUT2D eigenvalue weighted by atomic mass is 10.4. The molecular weight excluding hydrogens is 234 g/mol. The van der Waals surface area contributed by atoms with Crippen LogP contribution in [0.2, 0.25) is 0 Å². The Bertz CT molecular complexity index is 323. The number of nitrogens with zero attached hydrogens (tertiary/aromatic N) is 2. The van der Waals surface area contributed by atoms with E-state index in [-0.39, 0.29) is 0 Å². The van der Waals surface area contributed by atoms with Crippen molar-refractivity contribution in [3.8, 4) is 0 Å². The van der Waals surface area contributed by atoms with Crippen LogP contribution in [0.25, 0.3) is 0 Å². The summed E-state index contributed by atoms with van der Waals surface area (Å²) in [6, 6.07) is 0. The van der Waals surface area contributed by atoms with Crippen LogP contribution in [0.3, 0.4) is 0 Å². The summed E-state index contributed by atoms with van der Waals surface area (Å²) in [5.41, 5.74) is 5.33. The molecule has 7 heteroatoms. The quantitative estimate of drug-likeness (QED) is 0.695. The van der Waals surface area contributed by atoms with Gasteiger partial charge in [0.05, 0.1) is 4.99 Å². The van der Waals surface area contributed by atoms with Crippen molar-refractivity contribution in [1.82, 2.24) is 8.61 Å². The standard InChI is InChI=1S/C8H17N3O2S2/c1-10(7-4-8(9)14)15(12,13)11-5-2-3-6-11/h2-7H2,1H3,(H2,9,14). The van der Waals surface area contributed by atoms with Gasteiger partial charge < -0.3 is 5.73 Å². The Morgan fingerprint density at radius 1 is 1.47 bits per heavy atom. The fourth-order valence-electron chi connectivity index (χ4n) is 1.50. The van der Waals surface area contributed by atoms with Crippen molar-refractivity contribution in [2.75, 3.05) is 26.7 Å². The molecule has 0 amide bonds. The van der Waals surface area contributed by atoms with Crippen LogP contribution in [0.15, 0.2) is 0 Å². The average Bonchev–Trinajstić information content (AvgIpc) is 2.66. The lowest BCUT2D eigenvalue weighted by Crippen LogP contribution is -2.41. The van der Waals surface area contributed by atoms with E-state index < -0.39 is 10.2 Å². The van der Waals surface area contributed by atoms with Gasteiger partial charge in [-0.1, -0.05) is 12.2 Å². The van der Waals surface area contributed by atoms with Gasteiger partial charge in [-0.2, -0.15) is 17.0 Å². The molecule has 0 spiro atoms. The molecule has 0 aromatic heterocycles. The first-order valence-electron chi connectivity index (χ1n) is 4.94. The number of thiocarbonyl (C=S) groups is 1. The monoisotopic (exact) mass is 251 g/mol. The zero-order valence-electron chi connectivity index (χ0n) is 8.85. The van der Waals surface area contributed by atoms with Crippen molar-refractivity contribution in [2.24, 2.45) is 5.73 Å². The first-order valence-corrected chi connectivity index (χ1v) is 6.75. The highest BCUT2D eigenvalue weighted by atomic mass is 32.2. The molecular formula is C8H17N3O2S2. The molecule has 0 saturated carbocycles. The Morgan fingerprint density at radius 3 is 2.47 bits per heavy atom. The molecule has 1 rings (SSSR count). The van der Waals surface area contributed by atoms with Crippen molar-refractivity contribution < 1.29 is 8.42 Å². The number of rotatable bonds is 5. The van der Waals surface area contributed by atoms with E-state index >= 15 is 0 Å². The van der Waals surface area contributed by atoms with Gasteiger partial charge in [0.15, 0.2) is 0 Å². The molecule has 2 N–H and O–H groups in total. The van der Waals surface area contributed by atoms with Crippen LogP contribution >= 0.6 is 12.2 Å². The van der Waals surface area contributed by atoms with Gasteiger partial charge in [0, 0.05) is 33.1 Å². The molecule has 0 radical (unpaired) electrons. The molecule has 1 aliphatic heterocycles. The second-order valence-electron chi connectivity index (χ2n) is 3.65. The van der Waals surface area contributed by atoms with Gasteiger partial charge in [-0.25, -0.2) is 0 Å². The van der Waals surface area contributed by atoms with Crippen LogP contribution in [-0.4, -0.2) is 48.7 Å². The average molecular weight is 251 g/mol. The molecule has 0 atom stereocenters. The highest BCUT2D eigenvalue weighted by Crippen LogP contribution is 2.15. The summed E-state index contributed by atoms with van der Waals surface area (Å²) >= 11 is 4.71. The van der Waals surface area contributed by atoms with Crippen LogP contribution in [0.1, 0.15) is 19.3 Å².